The first kappa shape index (κ1) is 18.0. The molecule has 3 rings (SSSR count). The Labute approximate surface area is 152 Å². The molecule has 0 aromatic heterocycles. The molecule has 138 valence electrons. The van der Waals surface area contributed by atoms with Crippen molar-refractivity contribution in [2.24, 2.45) is 11.7 Å². The van der Waals surface area contributed by atoms with Gasteiger partial charge < -0.3 is 25.4 Å². The van der Waals surface area contributed by atoms with Crippen molar-refractivity contribution < 1.29 is 19.1 Å². The summed E-state index contributed by atoms with van der Waals surface area (Å²) >= 11 is 0. The zero-order valence-corrected chi connectivity index (χ0v) is 14.7. The maximum absolute atomic E-state index is 12.6. The number of hydrogen-bond donors (Lipinski definition) is 2. The molecule has 2 saturated heterocycles. The van der Waals surface area contributed by atoms with Crippen LogP contribution in [0.25, 0.3) is 0 Å². The minimum atomic E-state index is -0.293. The summed E-state index contributed by atoms with van der Waals surface area (Å²) in [5.41, 5.74) is 6.50. The molecule has 2 heterocycles. The van der Waals surface area contributed by atoms with E-state index in [0.29, 0.717) is 36.9 Å². The van der Waals surface area contributed by atoms with Crippen molar-refractivity contribution in [2.75, 3.05) is 26.3 Å². The zero-order chi connectivity index (χ0) is 18.5. The molecule has 0 radical (unpaired) electrons. The molecule has 7 heteroatoms. The van der Waals surface area contributed by atoms with Crippen LogP contribution in [0.2, 0.25) is 0 Å². The molecule has 0 aliphatic carbocycles. The average Bonchev–Trinajstić information content (AvgIpc) is 2.61. The fourth-order valence-corrected chi connectivity index (χ4v) is 2.85. The number of nitrogens with one attached hydrogen (secondary N) is 1. The lowest BCUT2D eigenvalue weighted by atomic mass is 9.99. The van der Waals surface area contributed by atoms with E-state index < -0.39 is 0 Å². The second-order valence-corrected chi connectivity index (χ2v) is 6.42. The predicted molar refractivity (Wildman–Crippen MR) is 95.9 cm³/mol. The van der Waals surface area contributed by atoms with Gasteiger partial charge in [-0.1, -0.05) is 18.2 Å². The highest BCUT2D eigenvalue weighted by atomic mass is 16.5. The lowest BCUT2D eigenvalue weighted by Gasteiger charge is -2.39. The molecular weight excluding hydrogens is 334 g/mol. The molecule has 2 fully saturated rings. The summed E-state index contributed by atoms with van der Waals surface area (Å²) in [4.78, 5) is 25.7. The van der Waals surface area contributed by atoms with Gasteiger partial charge in [0.1, 0.15) is 12.4 Å². The first-order valence-electron chi connectivity index (χ1n) is 8.59. The standard InChI is InChI=1S/C19H23N3O4/c1-13-17(21-18(23)12-25-13)7-15(8-20)19(24)22-9-14(10-22)11-26-16-5-3-2-4-6-16/h2-8,13-14H,9-12,20H2,1H3,(H,21,23)/b15-8+,17-7+. The number of para-hydroxylation sites is 1. The first-order chi connectivity index (χ1) is 12.6. The number of rotatable bonds is 5. The normalized spacial score (nSPS) is 22.7. The smallest absolute Gasteiger partial charge is 0.255 e. The third-order valence-electron chi connectivity index (χ3n) is 4.40. The van der Waals surface area contributed by atoms with Crippen LogP contribution in [-0.2, 0) is 14.3 Å². The molecular formula is C19H23N3O4. The highest BCUT2D eigenvalue weighted by molar-refractivity contribution is 5.97. The van der Waals surface area contributed by atoms with Crippen molar-refractivity contribution in [1.29, 1.82) is 0 Å². The van der Waals surface area contributed by atoms with E-state index in [1.165, 1.54) is 6.20 Å². The molecule has 3 N–H and O–H groups in total. The Kier molecular flexibility index (Phi) is 5.58. The van der Waals surface area contributed by atoms with Gasteiger partial charge in [0.15, 0.2) is 0 Å². The van der Waals surface area contributed by atoms with Gasteiger partial charge >= 0.3 is 0 Å². The fourth-order valence-electron chi connectivity index (χ4n) is 2.85. The van der Waals surface area contributed by atoms with Gasteiger partial charge in [-0.3, -0.25) is 9.59 Å². The minimum Gasteiger partial charge on any atom is -0.493 e. The minimum absolute atomic E-state index is 0.0172. The summed E-state index contributed by atoms with van der Waals surface area (Å²) in [7, 11) is 0. The first-order valence-corrected chi connectivity index (χ1v) is 8.59. The Balaban J connectivity index is 1.52. The monoisotopic (exact) mass is 357 g/mol. The number of nitrogens with two attached hydrogens (primary N) is 1. The Morgan fingerprint density at radius 3 is 2.81 bits per heavy atom. The number of hydrogen-bond acceptors (Lipinski definition) is 5. The topological polar surface area (TPSA) is 93.9 Å². The van der Waals surface area contributed by atoms with Gasteiger partial charge in [0.05, 0.1) is 18.3 Å². The van der Waals surface area contributed by atoms with Crippen molar-refractivity contribution in [3.05, 3.63) is 53.9 Å². The second kappa shape index (κ2) is 8.05. The van der Waals surface area contributed by atoms with E-state index in [4.69, 9.17) is 15.2 Å². The number of carbonyl (C=O) groups is 2. The number of likely N-dealkylation sites (tertiary alicyclic amines) is 1. The second-order valence-electron chi connectivity index (χ2n) is 6.42. The van der Waals surface area contributed by atoms with Crippen molar-refractivity contribution in [3.8, 4) is 5.75 Å². The molecule has 0 saturated carbocycles. The Morgan fingerprint density at radius 2 is 2.12 bits per heavy atom. The van der Waals surface area contributed by atoms with Gasteiger partial charge in [0.2, 0.25) is 5.91 Å². The fraction of sp³-hybridized carbons (Fsp3) is 0.368. The van der Waals surface area contributed by atoms with Crippen LogP contribution in [0.1, 0.15) is 6.92 Å². The van der Waals surface area contributed by atoms with Crippen LogP contribution in [-0.4, -0.2) is 49.1 Å². The summed E-state index contributed by atoms with van der Waals surface area (Å²) < 4.78 is 11.0. The Bertz CT molecular complexity index is 724. The van der Waals surface area contributed by atoms with Crippen LogP contribution >= 0.6 is 0 Å². The number of benzene rings is 1. The zero-order valence-electron chi connectivity index (χ0n) is 14.7. The van der Waals surface area contributed by atoms with Crippen molar-refractivity contribution in [1.82, 2.24) is 10.2 Å². The molecule has 2 amide bonds. The highest BCUT2D eigenvalue weighted by Crippen LogP contribution is 2.21. The molecule has 1 unspecified atom stereocenters. The molecule has 0 bridgehead atoms. The van der Waals surface area contributed by atoms with Crippen molar-refractivity contribution >= 4 is 11.8 Å². The van der Waals surface area contributed by atoms with Crippen molar-refractivity contribution in [2.45, 2.75) is 13.0 Å². The Morgan fingerprint density at radius 1 is 1.38 bits per heavy atom. The van der Waals surface area contributed by atoms with Gasteiger partial charge in [0.25, 0.3) is 5.91 Å². The maximum Gasteiger partial charge on any atom is 0.255 e. The summed E-state index contributed by atoms with van der Waals surface area (Å²) in [6, 6.07) is 9.60. The maximum atomic E-state index is 12.6. The molecule has 2 aliphatic heterocycles. The number of morpholine rings is 1. The SMILES string of the molecule is CC1OCC(=O)N/C1=C/C(=C\N)C(=O)N1CC(COc2ccccc2)C1. The van der Waals surface area contributed by atoms with Crippen LogP contribution in [0.4, 0.5) is 0 Å². The summed E-state index contributed by atoms with van der Waals surface area (Å²) in [6.45, 7) is 3.63. The van der Waals surface area contributed by atoms with Gasteiger partial charge in [-0.15, -0.1) is 0 Å². The quantitative estimate of drug-likeness (QED) is 0.760. The average molecular weight is 357 g/mol. The van der Waals surface area contributed by atoms with Gasteiger partial charge in [-0.05, 0) is 25.1 Å². The molecule has 2 aliphatic rings. The third kappa shape index (κ3) is 4.23. The van der Waals surface area contributed by atoms with E-state index in [1.807, 2.05) is 37.3 Å². The molecule has 7 nitrogen and oxygen atoms in total. The van der Waals surface area contributed by atoms with E-state index in [-0.39, 0.29) is 24.5 Å². The van der Waals surface area contributed by atoms with E-state index in [0.717, 1.165) is 5.75 Å². The van der Waals surface area contributed by atoms with E-state index in [2.05, 4.69) is 5.32 Å². The summed E-state index contributed by atoms with van der Waals surface area (Å²) in [6.07, 6.45) is 2.55. The number of nitrogens with zero attached hydrogens (tertiary/aromatic N) is 1. The predicted octanol–water partition coefficient (Wildman–Crippen LogP) is 0.785. The number of amides is 2. The van der Waals surface area contributed by atoms with E-state index >= 15 is 0 Å². The Hall–Kier alpha value is -2.80. The lowest BCUT2D eigenvalue weighted by Crippen LogP contribution is -2.52. The third-order valence-corrected chi connectivity index (χ3v) is 4.40. The number of ether oxygens (including phenoxy) is 2. The highest BCUT2D eigenvalue weighted by Gasteiger charge is 2.32. The summed E-state index contributed by atoms with van der Waals surface area (Å²) in [5, 5.41) is 2.72. The van der Waals surface area contributed by atoms with Crippen LogP contribution in [0.5, 0.6) is 5.75 Å². The van der Waals surface area contributed by atoms with Gasteiger partial charge in [0, 0.05) is 30.9 Å². The number of carbonyl (C=O) groups excluding carboxylic acids is 2. The largest absolute Gasteiger partial charge is 0.493 e. The van der Waals surface area contributed by atoms with Crippen LogP contribution in [0.15, 0.2) is 53.9 Å². The van der Waals surface area contributed by atoms with Crippen LogP contribution in [0, 0.1) is 5.92 Å². The lowest BCUT2D eigenvalue weighted by molar-refractivity contribution is -0.134. The van der Waals surface area contributed by atoms with Crippen LogP contribution in [0.3, 0.4) is 0 Å². The molecule has 0 spiro atoms. The van der Waals surface area contributed by atoms with Crippen molar-refractivity contribution in [3.63, 3.8) is 0 Å². The van der Waals surface area contributed by atoms with Gasteiger partial charge in [-0.2, -0.15) is 0 Å². The molecule has 1 aromatic carbocycles. The van der Waals surface area contributed by atoms with E-state index in [9.17, 15) is 9.59 Å². The van der Waals surface area contributed by atoms with E-state index in [1.54, 1.807) is 11.0 Å². The molecule has 1 aromatic rings. The van der Waals surface area contributed by atoms with Gasteiger partial charge in [-0.25, -0.2) is 0 Å². The molecule has 1 atom stereocenters. The van der Waals surface area contributed by atoms with Crippen LogP contribution < -0.4 is 15.8 Å². The summed E-state index contributed by atoms with van der Waals surface area (Å²) in [5.74, 6) is 0.720. The molecule has 26 heavy (non-hydrogen) atoms.